The van der Waals surface area contributed by atoms with Crippen LogP contribution < -0.4 is 5.32 Å². The molecule has 0 aliphatic rings. The molecule has 0 bridgehead atoms. The Morgan fingerprint density at radius 2 is 1.65 bits per heavy atom. The van der Waals surface area contributed by atoms with Crippen LogP contribution >= 0.6 is 11.3 Å². The van der Waals surface area contributed by atoms with Gasteiger partial charge >= 0.3 is 5.97 Å². The van der Waals surface area contributed by atoms with E-state index < -0.39 is 5.97 Å². The van der Waals surface area contributed by atoms with Gasteiger partial charge in [0.1, 0.15) is 4.88 Å². The van der Waals surface area contributed by atoms with Crippen molar-refractivity contribution >= 4 is 23.2 Å². The highest BCUT2D eigenvalue weighted by atomic mass is 32.1. The van der Waals surface area contributed by atoms with E-state index in [9.17, 15) is 9.59 Å². The standard InChI is InChI=1S/C21H19NO3S/c1-15(22-20(23)14-25-21(24)19-8-5-13-26-19)16-9-11-18(12-10-16)17-6-3-2-4-7-17/h2-13,15H,14H2,1H3,(H,22,23). The third kappa shape index (κ3) is 4.58. The summed E-state index contributed by atoms with van der Waals surface area (Å²) in [5, 5.41) is 4.63. The van der Waals surface area contributed by atoms with Crippen molar-refractivity contribution in [2.45, 2.75) is 13.0 Å². The highest BCUT2D eigenvalue weighted by Gasteiger charge is 2.13. The first-order valence-electron chi connectivity index (χ1n) is 8.29. The fraction of sp³-hybridized carbons (Fsp3) is 0.143. The van der Waals surface area contributed by atoms with Crippen LogP contribution in [0.25, 0.3) is 11.1 Å². The Balaban J connectivity index is 1.53. The molecule has 132 valence electrons. The van der Waals surface area contributed by atoms with E-state index in [1.54, 1.807) is 17.5 Å². The zero-order valence-corrected chi connectivity index (χ0v) is 15.2. The number of carbonyl (C=O) groups is 2. The molecule has 1 atom stereocenters. The molecular formula is C21H19NO3S. The molecule has 0 saturated carbocycles. The van der Waals surface area contributed by atoms with Crippen LogP contribution in [-0.4, -0.2) is 18.5 Å². The molecule has 3 aromatic rings. The molecule has 0 saturated heterocycles. The van der Waals surface area contributed by atoms with Gasteiger partial charge in [0, 0.05) is 0 Å². The van der Waals surface area contributed by atoms with Gasteiger partial charge in [0.05, 0.1) is 6.04 Å². The van der Waals surface area contributed by atoms with Crippen LogP contribution in [0.5, 0.6) is 0 Å². The molecule has 0 fully saturated rings. The van der Waals surface area contributed by atoms with Crippen LogP contribution in [0.1, 0.15) is 28.2 Å². The van der Waals surface area contributed by atoms with Gasteiger partial charge in [0.2, 0.25) is 0 Å². The van der Waals surface area contributed by atoms with E-state index in [-0.39, 0.29) is 18.6 Å². The number of hydrogen-bond donors (Lipinski definition) is 1. The van der Waals surface area contributed by atoms with Crippen molar-refractivity contribution in [2.75, 3.05) is 6.61 Å². The molecule has 5 heteroatoms. The lowest BCUT2D eigenvalue weighted by atomic mass is 10.0. The Kier molecular flexibility index (Phi) is 5.81. The number of carbonyl (C=O) groups excluding carboxylic acids is 2. The van der Waals surface area contributed by atoms with Crippen molar-refractivity contribution in [1.82, 2.24) is 5.32 Å². The van der Waals surface area contributed by atoms with E-state index >= 15 is 0 Å². The second-order valence-electron chi connectivity index (χ2n) is 5.83. The summed E-state index contributed by atoms with van der Waals surface area (Å²) in [5.41, 5.74) is 3.26. The minimum Gasteiger partial charge on any atom is -0.451 e. The average molecular weight is 365 g/mol. The highest BCUT2D eigenvalue weighted by Crippen LogP contribution is 2.21. The number of nitrogens with one attached hydrogen (secondary N) is 1. The van der Waals surface area contributed by atoms with E-state index in [0.717, 1.165) is 16.7 Å². The normalized spacial score (nSPS) is 11.6. The predicted molar refractivity (Wildman–Crippen MR) is 103 cm³/mol. The predicted octanol–water partition coefficient (Wildman–Crippen LogP) is 4.45. The van der Waals surface area contributed by atoms with Gasteiger partial charge in [-0.25, -0.2) is 4.79 Å². The molecule has 1 unspecified atom stereocenters. The van der Waals surface area contributed by atoms with Gasteiger partial charge < -0.3 is 10.1 Å². The average Bonchev–Trinajstić information content (AvgIpc) is 3.22. The largest absolute Gasteiger partial charge is 0.451 e. The zero-order valence-electron chi connectivity index (χ0n) is 14.3. The van der Waals surface area contributed by atoms with Crippen molar-refractivity contribution in [3.8, 4) is 11.1 Å². The number of hydrogen-bond acceptors (Lipinski definition) is 4. The molecule has 26 heavy (non-hydrogen) atoms. The number of rotatable bonds is 6. The molecule has 0 radical (unpaired) electrons. The number of esters is 1. The third-order valence-electron chi connectivity index (χ3n) is 3.95. The first-order valence-corrected chi connectivity index (χ1v) is 9.17. The Morgan fingerprint density at radius 1 is 0.962 bits per heavy atom. The molecule has 1 aromatic heterocycles. The summed E-state index contributed by atoms with van der Waals surface area (Å²) in [6.45, 7) is 1.61. The minimum absolute atomic E-state index is 0.173. The number of benzene rings is 2. The molecular weight excluding hydrogens is 346 g/mol. The van der Waals surface area contributed by atoms with E-state index in [0.29, 0.717) is 4.88 Å². The molecule has 0 aliphatic carbocycles. The minimum atomic E-state index is -0.477. The molecule has 1 amide bonds. The quantitative estimate of drug-likeness (QED) is 0.657. The van der Waals surface area contributed by atoms with Crippen LogP contribution in [0.4, 0.5) is 0 Å². The third-order valence-corrected chi connectivity index (χ3v) is 4.80. The zero-order chi connectivity index (χ0) is 18.4. The van der Waals surface area contributed by atoms with Crippen LogP contribution in [0, 0.1) is 0 Å². The fourth-order valence-electron chi connectivity index (χ4n) is 2.56. The van der Waals surface area contributed by atoms with Gasteiger partial charge in [-0.2, -0.15) is 0 Å². The van der Waals surface area contributed by atoms with Gasteiger partial charge in [0.15, 0.2) is 6.61 Å². The van der Waals surface area contributed by atoms with Gasteiger partial charge in [-0.05, 0) is 35.1 Å². The van der Waals surface area contributed by atoms with Crippen molar-refractivity contribution < 1.29 is 14.3 Å². The summed E-state index contributed by atoms with van der Waals surface area (Å²) in [6, 6.07) is 21.4. The smallest absolute Gasteiger partial charge is 0.348 e. The van der Waals surface area contributed by atoms with Gasteiger partial charge in [-0.15, -0.1) is 11.3 Å². The van der Waals surface area contributed by atoms with E-state index in [1.165, 1.54) is 11.3 Å². The number of amides is 1. The maximum absolute atomic E-state index is 12.0. The second-order valence-corrected chi connectivity index (χ2v) is 6.78. The van der Waals surface area contributed by atoms with Crippen LogP contribution in [-0.2, 0) is 9.53 Å². The van der Waals surface area contributed by atoms with Crippen LogP contribution in [0.15, 0.2) is 72.1 Å². The molecule has 0 spiro atoms. The Bertz CT molecular complexity index is 858. The highest BCUT2D eigenvalue weighted by molar-refractivity contribution is 7.11. The van der Waals surface area contributed by atoms with Crippen molar-refractivity contribution in [3.63, 3.8) is 0 Å². The SMILES string of the molecule is CC(NC(=O)COC(=O)c1cccs1)c1ccc(-c2ccccc2)cc1. The summed E-state index contributed by atoms with van der Waals surface area (Å²) in [7, 11) is 0. The summed E-state index contributed by atoms with van der Waals surface area (Å²) >= 11 is 1.29. The summed E-state index contributed by atoms with van der Waals surface area (Å²) in [4.78, 5) is 24.2. The van der Waals surface area contributed by atoms with Crippen molar-refractivity contribution in [2.24, 2.45) is 0 Å². The first kappa shape index (κ1) is 17.9. The van der Waals surface area contributed by atoms with Crippen LogP contribution in [0.2, 0.25) is 0 Å². The maximum Gasteiger partial charge on any atom is 0.348 e. The molecule has 3 rings (SSSR count). The first-order chi connectivity index (χ1) is 12.6. The van der Waals surface area contributed by atoms with Gasteiger partial charge in [-0.3, -0.25) is 4.79 Å². The van der Waals surface area contributed by atoms with E-state index in [4.69, 9.17) is 4.74 Å². The van der Waals surface area contributed by atoms with Gasteiger partial charge in [0.25, 0.3) is 5.91 Å². The Hall–Kier alpha value is -2.92. The monoisotopic (exact) mass is 365 g/mol. The molecule has 0 aliphatic heterocycles. The van der Waals surface area contributed by atoms with Gasteiger partial charge in [-0.1, -0.05) is 60.7 Å². The summed E-state index contributed by atoms with van der Waals surface area (Å²) < 4.78 is 5.02. The van der Waals surface area contributed by atoms with E-state index in [1.807, 2.05) is 49.4 Å². The lowest BCUT2D eigenvalue weighted by molar-refractivity contribution is -0.124. The maximum atomic E-state index is 12.0. The van der Waals surface area contributed by atoms with Crippen LogP contribution in [0.3, 0.4) is 0 Å². The second kappa shape index (κ2) is 8.45. The molecule has 4 nitrogen and oxygen atoms in total. The molecule has 1 heterocycles. The Labute approximate surface area is 156 Å². The summed E-state index contributed by atoms with van der Waals surface area (Å²) in [6.07, 6.45) is 0. The lowest BCUT2D eigenvalue weighted by Crippen LogP contribution is -2.31. The number of ether oxygens (including phenoxy) is 1. The Morgan fingerprint density at radius 3 is 2.31 bits per heavy atom. The van der Waals surface area contributed by atoms with E-state index in [2.05, 4.69) is 17.4 Å². The molecule has 2 aromatic carbocycles. The fourth-order valence-corrected chi connectivity index (χ4v) is 3.17. The van der Waals surface area contributed by atoms with Crippen molar-refractivity contribution in [1.29, 1.82) is 0 Å². The summed E-state index contributed by atoms with van der Waals surface area (Å²) in [5.74, 6) is -0.801. The lowest BCUT2D eigenvalue weighted by Gasteiger charge is -2.15. The molecule has 1 N–H and O–H groups in total. The topological polar surface area (TPSA) is 55.4 Å². The number of thiophene rings is 1. The van der Waals surface area contributed by atoms with Crippen molar-refractivity contribution in [3.05, 3.63) is 82.6 Å².